The van der Waals surface area contributed by atoms with E-state index in [1.165, 1.54) is 0 Å². The molecule has 0 aliphatic carbocycles. The van der Waals surface area contributed by atoms with Gasteiger partial charge in [-0.3, -0.25) is 4.68 Å². The molecule has 8 nitrogen and oxygen atoms in total. The molecule has 1 amide bonds. The number of aryl methyl sites for hydroxylation is 1. The third-order valence-electron chi connectivity index (χ3n) is 4.21. The highest BCUT2D eigenvalue weighted by molar-refractivity contribution is 5.68. The monoisotopic (exact) mass is 412 g/mol. The summed E-state index contributed by atoms with van der Waals surface area (Å²) in [7, 11) is 0. The number of carbonyl (C=O) groups is 1. The van der Waals surface area contributed by atoms with E-state index < -0.39 is 5.60 Å². The van der Waals surface area contributed by atoms with Gasteiger partial charge in [-0.05, 0) is 40.0 Å². The maximum absolute atomic E-state index is 12.5. The highest BCUT2D eigenvalue weighted by atomic mass is 16.6. The summed E-state index contributed by atoms with van der Waals surface area (Å²) in [6.45, 7) is 17.1. The van der Waals surface area contributed by atoms with Gasteiger partial charge in [0.15, 0.2) is 0 Å². The minimum atomic E-state index is -0.501. The number of ether oxygens (including phenoxy) is 1. The Bertz CT molecular complexity index is 542. The Hall–Kier alpha value is -1.67. The van der Waals surface area contributed by atoms with Gasteiger partial charge in [-0.1, -0.05) is 39.3 Å². The molecule has 1 rings (SSSR count). The van der Waals surface area contributed by atoms with E-state index in [9.17, 15) is 4.79 Å². The van der Waals surface area contributed by atoms with Crippen molar-refractivity contribution in [2.75, 3.05) is 19.6 Å². The molecule has 1 unspecified atom stereocenters. The predicted molar refractivity (Wildman–Crippen MR) is 119 cm³/mol. The normalized spacial score (nSPS) is 12.1. The largest absolute Gasteiger partial charge is 0.444 e. The molecule has 0 fully saturated rings. The minimum absolute atomic E-state index is 0.269. The Morgan fingerprint density at radius 3 is 2.52 bits per heavy atom. The molecule has 0 aliphatic heterocycles. The van der Waals surface area contributed by atoms with Gasteiger partial charge < -0.3 is 20.7 Å². The molecular formula is C21H44N6O2. The number of hydrogen-bond donors (Lipinski definition) is 2. The van der Waals surface area contributed by atoms with Crippen LogP contribution in [0.2, 0.25) is 0 Å². The van der Waals surface area contributed by atoms with Crippen molar-refractivity contribution >= 4 is 6.09 Å². The number of rotatable bonds is 12. The lowest BCUT2D eigenvalue weighted by Gasteiger charge is -2.28. The van der Waals surface area contributed by atoms with E-state index in [1.807, 2.05) is 40.8 Å². The molecule has 0 bridgehead atoms. The van der Waals surface area contributed by atoms with E-state index in [1.54, 1.807) is 9.58 Å². The van der Waals surface area contributed by atoms with Gasteiger partial charge in [0.2, 0.25) is 0 Å². The highest BCUT2D eigenvalue weighted by Crippen LogP contribution is 2.10. The summed E-state index contributed by atoms with van der Waals surface area (Å²) in [5.41, 5.74) is 5.83. The van der Waals surface area contributed by atoms with Crippen molar-refractivity contribution in [1.29, 1.82) is 0 Å². The SMILES string of the molecule is CC.CCCC(CC)NCCN(CCCn1cc(CN)nn1)C(=O)OC(C)(C)C. The van der Waals surface area contributed by atoms with E-state index in [0.717, 1.165) is 37.9 Å². The van der Waals surface area contributed by atoms with Gasteiger partial charge in [0.05, 0.1) is 5.69 Å². The number of nitrogens with two attached hydrogens (primary N) is 1. The molecular weight excluding hydrogens is 368 g/mol. The van der Waals surface area contributed by atoms with Crippen molar-refractivity contribution in [3.8, 4) is 0 Å². The standard InChI is InChI=1S/C19H38N6O2.C2H6/c1-6-9-16(7-2)21-10-13-24(18(26)27-19(3,4)5)11-8-12-25-15-17(14-20)22-23-25;1-2/h15-16,21H,6-14,20H2,1-5H3;1-2H3. The van der Waals surface area contributed by atoms with Crippen molar-refractivity contribution in [2.45, 2.75) is 98.9 Å². The fourth-order valence-electron chi connectivity index (χ4n) is 2.79. The molecule has 1 atom stereocenters. The third-order valence-corrected chi connectivity index (χ3v) is 4.21. The van der Waals surface area contributed by atoms with Crippen LogP contribution in [0.1, 0.15) is 79.8 Å². The first-order valence-corrected chi connectivity index (χ1v) is 11.1. The molecule has 0 aromatic carbocycles. The molecule has 0 aliphatic rings. The van der Waals surface area contributed by atoms with Gasteiger partial charge in [0.25, 0.3) is 0 Å². The van der Waals surface area contributed by atoms with Crippen molar-refractivity contribution in [2.24, 2.45) is 5.73 Å². The summed E-state index contributed by atoms with van der Waals surface area (Å²) in [6.07, 6.45) is 5.75. The fourth-order valence-corrected chi connectivity index (χ4v) is 2.79. The van der Waals surface area contributed by atoms with Gasteiger partial charge in [-0.2, -0.15) is 0 Å². The van der Waals surface area contributed by atoms with Crippen LogP contribution in [0.4, 0.5) is 4.79 Å². The number of nitrogens with zero attached hydrogens (tertiary/aromatic N) is 4. The Morgan fingerprint density at radius 2 is 2.00 bits per heavy atom. The van der Waals surface area contributed by atoms with E-state index in [0.29, 0.717) is 32.2 Å². The minimum Gasteiger partial charge on any atom is -0.444 e. The predicted octanol–water partition coefficient (Wildman–Crippen LogP) is 3.56. The second-order valence-electron chi connectivity index (χ2n) is 7.85. The zero-order chi connectivity index (χ0) is 22.3. The van der Waals surface area contributed by atoms with Crippen LogP contribution >= 0.6 is 0 Å². The Morgan fingerprint density at radius 1 is 1.31 bits per heavy atom. The Kier molecular flexibility index (Phi) is 14.3. The van der Waals surface area contributed by atoms with Crippen LogP contribution in [-0.4, -0.2) is 57.3 Å². The average molecular weight is 413 g/mol. The molecule has 1 aromatic heterocycles. The van der Waals surface area contributed by atoms with Gasteiger partial charge in [0.1, 0.15) is 5.60 Å². The van der Waals surface area contributed by atoms with Crippen molar-refractivity contribution in [1.82, 2.24) is 25.2 Å². The van der Waals surface area contributed by atoms with Crippen LogP contribution in [0.5, 0.6) is 0 Å². The molecule has 1 heterocycles. The van der Waals surface area contributed by atoms with Crippen molar-refractivity contribution < 1.29 is 9.53 Å². The number of hydrogen-bond acceptors (Lipinski definition) is 6. The fraction of sp³-hybridized carbons (Fsp3) is 0.857. The van der Waals surface area contributed by atoms with Crippen LogP contribution in [0, 0.1) is 0 Å². The lowest BCUT2D eigenvalue weighted by Crippen LogP contribution is -2.42. The molecule has 0 spiro atoms. The number of carbonyl (C=O) groups excluding carboxylic acids is 1. The Balaban J connectivity index is 0.00000379. The summed E-state index contributed by atoms with van der Waals surface area (Å²) in [4.78, 5) is 14.3. The molecule has 29 heavy (non-hydrogen) atoms. The smallest absolute Gasteiger partial charge is 0.410 e. The van der Waals surface area contributed by atoms with Crippen LogP contribution in [0.3, 0.4) is 0 Å². The van der Waals surface area contributed by atoms with Gasteiger partial charge >= 0.3 is 6.09 Å². The van der Waals surface area contributed by atoms with Crippen LogP contribution in [0.25, 0.3) is 0 Å². The molecule has 3 N–H and O–H groups in total. The van der Waals surface area contributed by atoms with Gasteiger partial charge in [-0.15, -0.1) is 5.10 Å². The van der Waals surface area contributed by atoms with Crippen molar-refractivity contribution in [3.63, 3.8) is 0 Å². The van der Waals surface area contributed by atoms with Crippen LogP contribution < -0.4 is 11.1 Å². The Labute approximate surface area is 177 Å². The summed E-state index contributed by atoms with van der Waals surface area (Å²) < 4.78 is 7.33. The molecule has 0 saturated heterocycles. The quantitative estimate of drug-likeness (QED) is 0.545. The molecule has 0 radical (unpaired) electrons. The summed E-state index contributed by atoms with van der Waals surface area (Å²) in [5.74, 6) is 0. The van der Waals surface area contributed by atoms with Crippen molar-refractivity contribution in [3.05, 3.63) is 11.9 Å². The number of aromatic nitrogens is 3. The summed E-state index contributed by atoms with van der Waals surface area (Å²) >= 11 is 0. The third kappa shape index (κ3) is 12.5. The first kappa shape index (κ1) is 27.3. The topological polar surface area (TPSA) is 98.3 Å². The molecule has 8 heteroatoms. The van der Waals surface area contributed by atoms with E-state index >= 15 is 0 Å². The first-order chi connectivity index (χ1) is 13.8. The second kappa shape index (κ2) is 15.2. The zero-order valence-corrected chi connectivity index (χ0v) is 19.7. The summed E-state index contributed by atoms with van der Waals surface area (Å²) in [5, 5.41) is 11.6. The van der Waals surface area contributed by atoms with E-state index in [-0.39, 0.29) is 6.09 Å². The lowest BCUT2D eigenvalue weighted by molar-refractivity contribution is 0.0246. The molecule has 1 aromatic rings. The average Bonchev–Trinajstić information content (AvgIpc) is 3.14. The highest BCUT2D eigenvalue weighted by Gasteiger charge is 2.22. The maximum atomic E-state index is 12.5. The zero-order valence-electron chi connectivity index (χ0n) is 19.7. The van der Waals surface area contributed by atoms with Crippen LogP contribution in [-0.2, 0) is 17.8 Å². The molecule has 170 valence electrons. The summed E-state index contributed by atoms with van der Waals surface area (Å²) in [6, 6.07) is 0.500. The molecule has 0 saturated carbocycles. The number of amides is 1. The first-order valence-electron chi connectivity index (χ1n) is 11.1. The van der Waals surface area contributed by atoms with Gasteiger partial charge in [0, 0.05) is 45.0 Å². The van der Waals surface area contributed by atoms with Gasteiger partial charge in [-0.25, -0.2) is 4.79 Å². The van der Waals surface area contributed by atoms with Crippen LogP contribution in [0.15, 0.2) is 6.20 Å². The van der Waals surface area contributed by atoms with E-state index in [4.69, 9.17) is 10.5 Å². The van der Waals surface area contributed by atoms with E-state index in [2.05, 4.69) is 29.5 Å². The number of nitrogens with one attached hydrogen (secondary N) is 1. The maximum Gasteiger partial charge on any atom is 0.410 e. The lowest BCUT2D eigenvalue weighted by atomic mass is 10.1. The second-order valence-corrected chi connectivity index (χ2v) is 7.85.